The maximum absolute atomic E-state index is 11.4. The van der Waals surface area contributed by atoms with E-state index in [1.807, 2.05) is 24.3 Å². The Kier molecular flexibility index (Phi) is 6.36. The predicted octanol–water partition coefficient (Wildman–Crippen LogP) is 1.58. The first-order valence-corrected chi connectivity index (χ1v) is 6.46. The zero-order valence-electron chi connectivity index (χ0n) is 9.48. The molecule has 1 unspecified atom stereocenters. The minimum absolute atomic E-state index is 0.246. The average molecular weight is 275 g/mol. The summed E-state index contributed by atoms with van der Waals surface area (Å²) < 4.78 is 4.98. The van der Waals surface area contributed by atoms with E-state index in [9.17, 15) is 4.79 Å². The molecule has 0 radical (unpaired) electrons. The lowest BCUT2D eigenvalue weighted by molar-refractivity contribution is -0.121. The van der Waals surface area contributed by atoms with Gasteiger partial charge in [0, 0.05) is 17.9 Å². The van der Waals surface area contributed by atoms with Crippen LogP contribution >= 0.6 is 23.4 Å². The molecular formula is C11H15ClN2O2S. The van der Waals surface area contributed by atoms with Crippen LogP contribution in [0.3, 0.4) is 0 Å². The van der Waals surface area contributed by atoms with Gasteiger partial charge in [-0.1, -0.05) is 29.8 Å². The van der Waals surface area contributed by atoms with Crippen LogP contribution in [0.15, 0.2) is 24.3 Å². The summed E-state index contributed by atoms with van der Waals surface area (Å²) in [5, 5.41) is 0.366. The summed E-state index contributed by atoms with van der Waals surface area (Å²) in [5.41, 5.74) is 3.12. The van der Waals surface area contributed by atoms with Crippen molar-refractivity contribution in [3.8, 4) is 0 Å². The SMILES string of the molecule is COCC(SCc1ccccc1Cl)C(=O)NN. The minimum Gasteiger partial charge on any atom is -0.383 e. The Morgan fingerprint density at radius 1 is 1.59 bits per heavy atom. The van der Waals surface area contributed by atoms with Gasteiger partial charge in [0.15, 0.2) is 0 Å². The average Bonchev–Trinajstić information content (AvgIpc) is 2.35. The van der Waals surface area contributed by atoms with E-state index >= 15 is 0 Å². The number of ether oxygens (including phenoxy) is 1. The van der Waals surface area contributed by atoms with Crippen molar-refractivity contribution in [1.29, 1.82) is 0 Å². The predicted molar refractivity (Wildman–Crippen MR) is 70.7 cm³/mol. The maximum atomic E-state index is 11.4. The second-order valence-corrected chi connectivity index (χ2v) is 4.95. The van der Waals surface area contributed by atoms with Gasteiger partial charge in [0.2, 0.25) is 5.91 Å². The molecule has 4 nitrogen and oxygen atoms in total. The number of hydrogen-bond donors (Lipinski definition) is 2. The molecule has 0 spiro atoms. The van der Waals surface area contributed by atoms with Crippen LogP contribution in [-0.4, -0.2) is 24.9 Å². The molecule has 0 bridgehead atoms. The number of thioether (sulfide) groups is 1. The van der Waals surface area contributed by atoms with E-state index in [4.69, 9.17) is 22.2 Å². The van der Waals surface area contributed by atoms with Crippen LogP contribution in [0, 0.1) is 0 Å². The van der Waals surface area contributed by atoms with Crippen LogP contribution in [0.1, 0.15) is 5.56 Å². The van der Waals surface area contributed by atoms with Gasteiger partial charge in [0.25, 0.3) is 0 Å². The van der Waals surface area contributed by atoms with Crippen LogP contribution in [0.25, 0.3) is 0 Å². The van der Waals surface area contributed by atoms with Crippen LogP contribution in [0.4, 0.5) is 0 Å². The third-order valence-electron chi connectivity index (χ3n) is 2.15. The van der Waals surface area contributed by atoms with Crippen LogP contribution in [0.2, 0.25) is 5.02 Å². The third kappa shape index (κ3) is 4.55. The van der Waals surface area contributed by atoms with Crippen molar-refractivity contribution in [3.05, 3.63) is 34.9 Å². The summed E-state index contributed by atoms with van der Waals surface area (Å²) in [6, 6.07) is 7.54. The quantitative estimate of drug-likeness (QED) is 0.470. The van der Waals surface area contributed by atoms with E-state index in [-0.39, 0.29) is 11.2 Å². The Morgan fingerprint density at radius 3 is 2.88 bits per heavy atom. The molecular weight excluding hydrogens is 260 g/mol. The number of carbonyl (C=O) groups is 1. The molecule has 1 atom stereocenters. The van der Waals surface area contributed by atoms with Crippen molar-refractivity contribution >= 4 is 29.3 Å². The highest BCUT2D eigenvalue weighted by Gasteiger charge is 2.18. The summed E-state index contributed by atoms with van der Waals surface area (Å²) in [7, 11) is 1.55. The van der Waals surface area contributed by atoms with Gasteiger partial charge in [-0.3, -0.25) is 10.2 Å². The molecule has 0 aromatic heterocycles. The Morgan fingerprint density at radius 2 is 2.29 bits per heavy atom. The van der Waals surface area contributed by atoms with Gasteiger partial charge in [-0.15, -0.1) is 11.8 Å². The summed E-state index contributed by atoms with van der Waals surface area (Å²) in [6.07, 6.45) is 0. The Labute approximate surface area is 110 Å². The van der Waals surface area contributed by atoms with Crippen molar-refractivity contribution in [2.45, 2.75) is 11.0 Å². The number of amides is 1. The summed E-state index contributed by atoms with van der Waals surface area (Å²) >= 11 is 7.47. The molecule has 1 aromatic rings. The number of methoxy groups -OCH3 is 1. The van der Waals surface area contributed by atoms with Gasteiger partial charge in [-0.2, -0.15) is 0 Å². The normalized spacial score (nSPS) is 12.2. The zero-order chi connectivity index (χ0) is 12.7. The highest BCUT2D eigenvalue weighted by atomic mass is 35.5. The number of nitrogens with two attached hydrogens (primary N) is 1. The highest BCUT2D eigenvalue weighted by Crippen LogP contribution is 2.23. The lowest BCUT2D eigenvalue weighted by atomic mass is 10.2. The molecule has 1 rings (SSSR count). The molecule has 1 aromatic carbocycles. The van der Waals surface area contributed by atoms with E-state index in [1.54, 1.807) is 7.11 Å². The Balaban J connectivity index is 2.57. The zero-order valence-corrected chi connectivity index (χ0v) is 11.1. The fourth-order valence-electron chi connectivity index (χ4n) is 1.25. The second kappa shape index (κ2) is 7.55. The van der Waals surface area contributed by atoms with E-state index in [1.165, 1.54) is 11.8 Å². The Hall–Kier alpha value is -0.750. The minimum atomic E-state index is -0.332. The van der Waals surface area contributed by atoms with Crippen molar-refractivity contribution in [2.24, 2.45) is 5.84 Å². The van der Waals surface area contributed by atoms with E-state index in [2.05, 4.69) is 5.43 Å². The van der Waals surface area contributed by atoms with Crippen molar-refractivity contribution in [1.82, 2.24) is 5.43 Å². The first-order valence-electron chi connectivity index (χ1n) is 5.03. The number of hydrazine groups is 1. The summed E-state index contributed by atoms with van der Waals surface area (Å²) in [4.78, 5) is 11.4. The first-order chi connectivity index (χ1) is 8.19. The van der Waals surface area contributed by atoms with E-state index < -0.39 is 0 Å². The van der Waals surface area contributed by atoms with Crippen LogP contribution in [0.5, 0.6) is 0 Å². The molecule has 0 aliphatic heterocycles. The number of hydrogen-bond acceptors (Lipinski definition) is 4. The number of rotatable bonds is 6. The van der Waals surface area contributed by atoms with Gasteiger partial charge in [-0.25, -0.2) is 5.84 Å². The second-order valence-electron chi connectivity index (χ2n) is 3.35. The topological polar surface area (TPSA) is 64.3 Å². The van der Waals surface area contributed by atoms with E-state index in [0.717, 1.165) is 5.56 Å². The molecule has 0 saturated heterocycles. The van der Waals surface area contributed by atoms with Crippen molar-refractivity contribution in [3.63, 3.8) is 0 Å². The van der Waals surface area contributed by atoms with Gasteiger partial charge < -0.3 is 4.74 Å². The highest BCUT2D eigenvalue weighted by molar-refractivity contribution is 7.99. The molecule has 1 amide bonds. The smallest absolute Gasteiger partial charge is 0.249 e. The van der Waals surface area contributed by atoms with Crippen LogP contribution < -0.4 is 11.3 Å². The van der Waals surface area contributed by atoms with Gasteiger partial charge in [0.05, 0.1) is 6.61 Å². The molecule has 0 aliphatic carbocycles. The summed E-state index contributed by atoms with van der Waals surface area (Å²) in [6.45, 7) is 0.318. The standard InChI is InChI=1S/C11H15ClN2O2S/c1-16-6-10(11(15)14-13)17-7-8-4-2-3-5-9(8)12/h2-5,10H,6-7,13H2,1H3,(H,14,15). The fraction of sp³-hybridized carbons (Fsp3) is 0.364. The number of benzene rings is 1. The molecule has 0 saturated carbocycles. The van der Waals surface area contributed by atoms with Gasteiger partial charge in [0.1, 0.15) is 5.25 Å². The maximum Gasteiger partial charge on any atom is 0.249 e. The number of nitrogens with one attached hydrogen (secondary N) is 1. The number of halogens is 1. The lowest BCUT2D eigenvalue weighted by Crippen LogP contribution is -2.39. The van der Waals surface area contributed by atoms with Gasteiger partial charge >= 0.3 is 0 Å². The monoisotopic (exact) mass is 274 g/mol. The molecule has 0 aliphatic rings. The molecule has 0 heterocycles. The third-order valence-corrected chi connectivity index (χ3v) is 3.75. The molecule has 3 N–H and O–H groups in total. The molecule has 6 heteroatoms. The summed E-state index contributed by atoms with van der Waals surface area (Å²) in [5.74, 6) is 5.50. The molecule has 17 heavy (non-hydrogen) atoms. The van der Waals surface area contributed by atoms with Crippen molar-refractivity contribution in [2.75, 3.05) is 13.7 Å². The molecule has 0 fully saturated rings. The van der Waals surface area contributed by atoms with Crippen LogP contribution in [-0.2, 0) is 15.3 Å². The van der Waals surface area contributed by atoms with Gasteiger partial charge in [-0.05, 0) is 11.6 Å². The Bertz CT molecular complexity index is 376. The van der Waals surface area contributed by atoms with Crippen molar-refractivity contribution < 1.29 is 9.53 Å². The number of carbonyl (C=O) groups excluding carboxylic acids is 1. The lowest BCUT2D eigenvalue weighted by Gasteiger charge is -2.14. The first kappa shape index (κ1) is 14.3. The fourth-order valence-corrected chi connectivity index (χ4v) is 2.62. The van der Waals surface area contributed by atoms with E-state index in [0.29, 0.717) is 17.4 Å². The largest absolute Gasteiger partial charge is 0.383 e. The molecule has 94 valence electrons.